The number of benzene rings is 2. The molecule has 2 aromatic carbocycles. The third-order valence-corrected chi connectivity index (χ3v) is 3.77. The summed E-state index contributed by atoms with van der Waals surface area (Å²) >= 11 is 0. The maximum atomic E-state index is 5.72. The Bertz CT molecular complexity index is 744. The summed E-state index contributed by atoms with van der Waals surface area (Å²) in [6.07, 6.45) is 0. The lowest BCUT2D eigenvalue weighted by Crippen LogP contribution is -1.95. The van der Waals surface area contributed by atoms with E-state index in [4.69, 9.17) is 5.73 Å². The molecule has 0 radical (unpaired) electrons. The average molecular weight is 287 g/mol. The minimum Gasteiger partial charge on any atom is -0.354 e. The van der Waals surface area contributed by atoms with Crippen LogP contribution in [0, 0.1) is 13.8 Å². The lowest BCUT2D eigenvalue weighted by atomic mass is 10.0. The van der Waals surface area contributed by atoms with Gasteiger partial charge in [0.25, 0.3) is 0 Å². The van der Waals surface area contributed by atoms with Crippen LogP contribution in [0.1, 0.15) is 16.7 Å². The van der Waals surface area contributed by atoms with Crippen LogP contribution in [-0.4, -0.2) is 4.98 Å². The van der Waals surface area contributed by atoms with Gasteiger partial charge in [-0.15, -0.1) is 12.4 Å². The quantitative estimate of drug-likeness (QED) is 0.723. The minimum absolute atomic E-state index is 0. The molecule has 3 aromatic rings. The van der Waals surface area contributed by atoms with Crippen molar-refractivity contribution in [3.8, 4) is 11.3 Å². The van der Waals surface area contributed by atoms with Crippen LogP contribution in [0.4, 0.5) is 0 Å². The van der Waals surface area contributed by atoms with Crippen LogP contribution in [0.2, 0.25) is 0 Å². The molecular formula is C17H19ClN2. The maximum Gasteiger partial charge on any atom is 0.0497 e. The zero-order chi connectivity index (χ0) is 13.4. The van der Waals surface area contributed by atoms with E-state index >= 15 is 0 Å². The highest BCUT2D eigenvalue weighted by atomic mass is 35.5. The monoisotopic (exact) mass is 286 g/mol. The van der Waals surface area contributed by atoms with Gasteiger partial charge < -0.3 is 10.7 Å². The van der Waals surface area contributed by atoms with Crippen molar-refractivity contribution in [2.45, 2.75) is 20.4 Å². The summed E-state index contributed by atoms with van der Waals surface area (Å²) < 4.78 is 0. The first-order valence-electron chi connectivity index (χ1n) is 6.58. The number of nitrogens with two attached hydrogens (primary N) is 1. The Morgan fingerprint density at radius 2 is 1.80 bits per heavy atom. The molecule has 20 heavy (non-hydrogen) atoms. The number of nitrogens with one attached hydrogen (secondary N) is 1. The second-order valence-corrected chi connectivity index (χ2v) is 5.02. The highest BCUT2D eigenvalue weighted by molar-refractivity contribution is 5.91. The number of aromatic amines is 1. The van der Waals surface area contributed by atoms with Gasteiger partial charge in [-0.25, -0.2) is 0 Å². The second kappa shape index (κ2) is 5.70. The van der Waals surface area contributed by atoms with E-state index in [0.29, 0.717) is 6.54 Å². The Balaban J connectivity index is 0.00000147. The van der Waals surface area contributed by atoms with Gasteiger partial charge in [-0.3, -0.25) is 0 Å². The molecule has 1 aromatic heterocycles. The van der Waals surface area contributed by atoms with Crippen LogP contribution in [0.15, 0.2) is 42.5 Å². The number of aryl methyl sites for hydroxylation is 2. The Morgan fingerprint density at radius 3 is 2.50 bits per heavy atom. The molecule has 0 aliphatic carbocycles. The van der Waals surface area contributed by atoms with Gasteiger partial charge >= 0.3 is 0 Å². The van der Waals surface area contributed by atoms with Gasteiger partial charge in [-0.2, -0.15) is 0 Å². The molecule has 0 saturated carbocycles. The average Bonchev–Trinajstić information content (AvgIpc) is 2.76. The third kappa shape index (κ3) is 2.33. The SMILES string of the molecule is Cc1ccccc1-c1[nH]c2ccc(CN)cc2c1C.Cl. The van der Waals surface area contributed by atoms with Gasteiger partial charge in [0.15, 0.2) is 0 Å². The van der Waals surface area contributed by atoms with Gasteiger partial charge in [0.05, 0.1) is 0 Å². The van der Waals surface area contributed by atoms with Crippen LogP contribution >= 0.6 is 12.4 Å². The summed E-state index contributed by atoms with van der Waals surface area (Å²) in [6.45, 7) is 4.90. The molecule has 0 spiro atoms. The topological polar surface area (TPSA) is 41.8 Å². The lowest BCUT2D eigenvalue weighted by molar-refractivity contribution is 1.08. The van der Waals surface area contributed by atoms with E-state index in [1.54, 1.807) is 0 Å². The predicted molar refractivity (Wildman–Crippen MR) is 88.3 cm³/mol. The van der Waals surface area contributed by atoms with Crippen molar-refractivity contribution in [3.05, 3.63) is 59.2 Å². The number of hydrogen-bond donors (Lipinski definition) is 2. The van der Waals surface area contributed by atoms with Crippen LogP contribution in [0.3, 0.4) is 0 Å². The zero-order valence-corrected chi connectivity index (χ0v) is 12.6. The lowest BCUT2D eigenvalue weighted by Gasteiger charge is -2.04. The number of fused-ring (bicyclic) bond motifs is 1. The molecule has 0 aliphatic rings. The van der Waals surface area contributed by atoms with Gasteiger partial charge in [0.1, 0.15) is 0 Å². The van der Waals surface area contributed by atoms with Gasteiger partial charge in [-0.05, 0) is 42.7 Å². The highest BCUT2D eigenvalue weighted by Gasteiger charge is 2.11. The smallest absolute Gasteiger partial charge is 0.0497 e. The normalized spacial score (nSPS) is 10.6. The highest BCUT2D eigenvalue weighted by Crippen LogP contribution is 2.31. The standard InChI is InChI=1S/C17H18N2.ClH/c1-11-5-3-4-6-14(11)17-12(2)15-9-13(10-18)7-8-16(15)19-17;/h3-9,19H,10,18H2,1-2H3;1H. The van der Waals surface area contributed by atoms with E-state index in [1.807, 2.05) is 0 Å². The number of hydrogen-bond acceptors (Lipinski definition) is 1. The molecule has 0 amide bonds. The number of aromatic nitrogens is 1. The first-order valence-corrected chi connectivity index (χ1v) is 6.58. The third-order valence-electron chi connectivity index (χ3n) is 3.77. The molecule has 0 fully saturated rings. The molecule has 0 saturated heterocycles. The fraction of sp³-hybridized carbons (Fsp3) is 0.176. The van der Waals surface area contributed by atoms with Gasteiger partial charge in [0, 0.05) is 28.7 Å². The molecule has 3 rings (SSSR count). The molecule has 0 atom stereocenters. The molecule has 0 aliphatic heterocycles. The van der Waals surface area contributed by atoms with Crippen LogP contribution in [-0.2, 0) is 6.54 Å². The molecule has 104 valence electrons. The maximum absolute atomic E-state index is 5.72. The number of rotatable bonds is 2. The first-order chi connectivity index (χ1) is 9.20. The summed E-state index contributed by atoms with van der Waals surface area (Å²) in [4.78, 5) is 3.53. The molecule has 2 nitrogen and oxygen atoms in total. The van der Waals surface area contributed by atoms with Crippen molar-refractivity contribution in [1.29, 1.82) is 0 Å². The van der Waals surface area contributed by atoms with Crippen LogP contribution in [0.5, 0.6) is 0 Å². The van der Waals surface area contributed by atoms with Crippen molar-refractivity contribution in [2.75, 3.05) is 0 Å². The van der Waals surface area contributed by atoms with Crippen molar-refractivity contribution in [2.24, 2.45) is 5.73 Å². The van der Waals surface area contributed by atoms with Gasteiger partial charge in [-0.1, -0.05) is 30.3 Å². The second-order valence-electron chi connectivity index (χ2n) is 5.02. The summed E-state index contributed by atoms with van der Waals surface area (Å²) in [7, 11) is 0. The fourth-order valence-electron chi connectivity index (χ4n) is 2.62. The van der Waals surface area contributed by atoms with E-state index in [0.717, 1.165) is 0 Å². The summed E-state index contributed by atoms with van der Waals surface area (Å²) in [5.41, 5.74) is 13.1. The Labute approximate surface area is 125 Å². The summed E-state index contributed by atoms with van der Waals surface area (Å²) in [6, 6.07) is 14.8. The Morgan fingerprint density at radius 1 is 1.05 bits per heavy atom. The molecule has 0 bridgehead atoms. The Hall–Kier alpha value is -1.77. The fourth-order valence-corrected chi connectivity index (χ4v) is 2.62. The molecule has 3 heteroatoms. The van der Waals surface area contributed by atoms with Crippen molar-refractivity contribution in [3.63, 3.8) is 0 Å². The summed E-state index contributed by atoms with van der Waals surface area (Å²) in [5.74, 6) is 0. The van der Waals surface area contributed by atoms with Crippen molar-refractivity contribution >= 4 is 23.3 Å². The largest absolute Gasteiger partial charge is 0.354 e. The molecule has 1 heterocycles. The Kier molecular flexibility index (Phi) is 4.17. The minimum atomic E-state index is 0. The van der Waals surface area contributed by atoms with E-state index < -0.39 is 0 Å². The first kappa shape index (κ1) is 14.6. The molecular weight excluding hydrogens is 268 g/mol. The van der Waals surface area contributed by atoms with Gasteiger partial charge in [0.2, 0.25) is 0 Å². The van der Waals surface area contributed by atoms with Crippen molar-refractivity contribution < 1.29 is 0 Å². The summed E-state index contributed by atoms with van der Waals surface area (Å²) in [5, 5.41) is 1.27. The van der Waals surface area contributed by atoms with E-state index in [-0.39, 0.29) is 12.4 Å². The zero-order valence-electron chi connectivity index (χ0n) is 11.7. The number of H-pyrrole nitrogens is 1. The molecule has 0 unspecified atom stereocenters. The van der Waals surface area contributed by atoms with E-state index in [2.05, 4.69) is 61.3 Å². The number of halogens is 1. The molecule has 3 N–H and O–H groups in total. The van der Waals surface area contributed by atoms with Crippen molar-refractivity contribution in [1.82, 2.24) is 4.98 Å². The van der Waals surface area contributed by atoms with Crippen LogP contribution < -0.4 is 5.73 Å². The van der Waals surface area contributed by atoms with E-state index in [1.165, 1.54) is 38.9 Å². The van der Waals surface area contributed by atoms with E-state index in [9.17, 15) is 0 Å². The van der Waals surface area contributed by atoms with Crippen LogP contribution in [0.25, 0.3) is 22.2 Å². The predicted octanol–water partition coefficient (Wildman–Crippen LogP) is 4.33.